The third-order valence-corrected chi connectivity index (χ3v) is 6.48. The van der Waals surface area contributed by atoms with Gasteiger partial charge in [-0.2, -0.15) is 0 Å². The Morgan fingerprint density at radius 1 is 1.14 bits per heavy atom. The standard InChI is InChI=1S/C23H30N2O2S/c1-17-9-10-18(2)21(15-17)28-16-22(26)24-19(3)23(20-7-5-4-6-8-20)25-11-13-27-14-12-25/h4-10,15,19,23H,11-14,16H2,1-3H3,(H,24,26)/p+1/t19-,23+/m0/s1. The summed E-state index contributed by atoms with van der Waals surface area (Å²) in [6, 6.07) is 17.2. The van der Waals surface area contributed by atoms with Crippen LogP contribution in [-0.2, 0) is 9.53 Å². The van der Waals surface area contributed by atoms with Crippen molar-refractivity contribution in [2.45, 2.75) is 37.8 Å². The van der Waals surface area contributed by atoms with Gasteiger partial charge in [0, 0.05) is 10.5 Å². The van der Waals surface area contributed by atoms with Crippen molar-refractivity contribution in [3.63, 3.8) is 0 Å². The van der Waals surface area contributed by atoms with Gasteiger partial charge in [-0.15, -0.1) is 11.8 Å². The van der Waals surface area contributed by atoms with Gasteiger partial charge < -0.3 is 15.0 Å². The van der Waals surface area contributed by atoms with Crippen LogP contribution in [0.3, 0.4) is 0 Å². The third kappa shape index (κ3) is 5.60. The number of carbonyl (C=O) groups excluding carboxylic acids is 1. The number of carbonyl (C=O) groups is 1. The lowest BCUT2D eigenvalue weighted by Gasteiger charge is -2.35. The molecule has 0 aromatic heterocycles. The number of thioether (sulfide) groups is 1. The van der Waals surface area contributed by atoms with Crippen LogP contribution in [0.25, 0.3) is 0 Å². The van der Waals surface area contributed by atoms with Gasteiger partial charge in [0.2, 0.25) is 5.91 Å². The number of benzene rings is 2. The van der Waals surface area contributed by atoms with Gasteiger partial charge >= 0.3 is 0 Å². The quantitative estimate of drug-likeness (QED) is 0.703. The first-order valence-electron chi connectivity index (χ1n) is 10.0. The van der Waals surface area contributed by atoms with Crippen LogP contribution in [0.4, 0.5) is 0 Å². The minimum absolute atomic E-state index is 0.0576. The average Bonchev–Trinajstić information content (AvgIpc) is 2.70. The van der Waals surface area contributed by atoms with Crippen LogP contribution in [0.1, 0.15) is 29.7 Å². The first-order chi connectivity index (χ1) is 13.5. The minimum Gasteiger partial charge on any atom is -0.370 e. The normalized spacial score (nSPS) is 17.1. The van der Waals surface area contributed by atoms with Gasteiger partial charge in [-0.3, -0.25) is 4.79 Å². The number of quaternary nitrogens is 1. The number of morpholine rings is 1. The van der Waals surface area contributed by atoms with Crippen LogP contribution < -0.4 is 10.2 Å². The fourth-order valence-electron chi connectivity index (χ4n) is 3.87. The summed E-state index contributed by atoms with van der Waals surface area (Å²) in [5.41, 5.74) is 3.72. The maximum atomic E-state index is 12.7. The van der Waals surface area contributed by atoms with Crippen molar-refractivity contribution in [2.24, 2.45) is 0 Å². The summed E-state index contributed by atoms with van der Waals surface area (Å²) >= 11 is 1.62. The summed E-state index contributed by atoms with van der Waals surface area (Å²) in [5, 5.41) is 3.26. The summed E-state index contributed by atoms with van der Waals surface area (Å²) < 4.78 is 5.54. The van der Waals surface area contributed by atoms with E-state index in [1.807, 2.05) is 6.07 Å². The molecule has 0 spiro atoms. The van der Waals surface area contributed by atoms with Crippen molar-refractivity contribution in [2.75, 3.05) is 32.1 Å². The summed E-state index contributed by atoms with van der Waals surface area (Å²) in [7, 11) is 0. The van der Waals surface area contributed by atoms with Crippen molar-refractivity contribution in [1.82, 2.24) is 5.32 Å². The van der Waals surface area contributed by atoms with Crippen molar-refractivity contribution in [3.05, 3.63) is 65.2 Å². The van der Waals surface area contributed by atoms with E-state index in [1.165, 1.54) is 26.5 Å². The highest BCUT2D eigenvalue weighted by atomic mass is 32.2. The number of hydrogen-bond donors (Lipinski definition) is 2. The van der Waals surface area contributed by atoms with Crippen molar-refractivity contribution < 1.29 is 14.4 Å². The molecule has 0 bridgehead atoms. The number of amides is 1. The summed E-state index contributed by atoms with van der Waals surface area (Å²) in [5.74, 6) is 0.529. The highest BCUT2D eigenvalue weighted by Gasteiger charge is 2.32. The Labute approximate surface area is 172 Å². The first kappa shape index (κ1) is 20.9. The highest BCUT2D eigenvalue weighted by molar-refractivity contribution is 8.00. The minimum atomic E-state index is 0.0576. The monoisotopic (exact) mass is 399 g/mol. The zero-order valence-corrected chi connectivity index (χ0v) is 17.9. The van der Waals surface area contributed by atoms with Gasteiger partial charge in [-0.1, -0.05) is 48.0 Å². The lowest BCUT2D eigenvalue weighted by Crippen LogP contribution is -3.15. The molecule has 1 amide bonds. The molecule has 1 heterocycles. The molecule has 1 aliphatic rings. The average molecular weight is 400 g/mol. The molecule has 0 radical (unpaired) electrons. The lowest BCUT2D eigenvalue weighted by atomic mass is 9.98. The van der Waals surface area contributed by atoms with Crippen molar-refractivity contribution >= 4 is 17.7 Å². The molecule has 5 heteroatoms. The topological polar surface area (TPSA) is 42.8 Å². The predicted octanol–water partition coefficient (Wildman–Crippen LogP) is 2.56. The second kappa shape index (κ2) is 10.1. The van der Waals surface area contributed by atoms with Gasteiger partial charge in [-0.05, 0) is 32.4 Å². The molecule has 0 saturated carbocycles. The second-order valence-electron chi connectivity index (χ2n) is 7.57. The Bertz CT molecular complexity index is 775. The molecule has 28 heavy (non-hydrogen) atoms. The molecule has 1 saturated heterocycles. The Morgan fingerprint density at radius 2 is 1.86 bits per heavy atom. The molecule has 2 N–H and O–H groups in total. The fourth-order valence-corrected chi connectivity index (χ4v) is 4.80. The Hall–Kier alpha value is -1.82. The summed E-state index contributed by atoms with van der Waals surface area (Å²) in [6.45, 7) is 9.80. The van der Waals surface area contributed by atoms with Crippen LogP contribution in [0, 0.1) is 13.8 Å². The number of rotatable bonds is 7. The third-order valence-electron chi connectivity index (χ3n) is 5.32. The maximum Gasteiger partial charge on any atom is 0.230 e. The van der Waals surface area contributed by atoms with E-state index >= 15 is 0 Å². The molecular weight excluding hydrogens is 368 g/mol. The molecule has 1 aliphatic heterocycles. The summed E-state index contributed by atoms with van der Waals surface area (Å²) in [4.78, 5) is 15.3. The van der Waals surface area contributed by atoms with E-state index in [0.717, 1.165) is 26.3 Å². The SMILES string of the molecule is Cc1ccc(C)c(SCC(=O)N[C@@H](C)[C@H](c2ccccc2)[NH+]2CCOCC2)c1. The number of nitrogens with one attached hydrogen (secondary N) is 2. The van der Waals surface area contributed by atoms with Gasteiger partial charge in [-0.25, -0.2) is 0 Å². The van der Waals surface area contributed by atoms with E-state index in [2.05, 4.69) is 68.6 Å². The molecule has 4 nitrogen and oxygen atoms in total. The predicted molar refractivity (Wildman–Crippen MR) is 115 cm³/mol. The zero-order chi connectivity index (χ0) is 19.9. The number of aryl methyl sites for hydroxylation is 2. The number of ether oxygens (including phenoxy) is 1. The van der Waals surface area contributed by atoms with Crippen molar-refractivity contribution in [1.29, 1.82) is 0 Å². The smallest absolute Gasteiger partial charge is 0.230 e. The summed E-state index contributed by atoms with van der Waals surface area (Å²) in [6.07, 6.45) is 0. The molecule has 2 atom stereocenters. The van der Waals surface area contributed by atoms with Crippen LogP contribution in [-0.4, -0.2) is 44.0 Å². The van der Waals surface area contributed by atoms with E-state index in [0.29, 0.717) is 5.75 Å². The fraction of sp³-hybridized carbons (Fsp3) is 0.435. The molecule has 3 rings (SSSR count). The van der Waals surface area contributed by atoms with E-state index < -0.39 is 0 Å². The molecule has 150 valence electrons. The highest BCUT2D eigenvalue weighted by Crippen LogP contribution is 2.23. The van der Waals surface area contributed by atoms with E-state index in [9.17, 15) is 4.79 Å². The van der Waals surface area contributed by atoms with Crippen LogP contribution in [0.15, 0.2) is 53.4 Å². The molecule has 2 aromatic rings. The maximum absolute atomic E-state index is 12.7. The Balaban J connectivity index is 1.64. The number of hydrogen-bond acceptors (Lipinski definition) is 3. The lowest BCUT2D eigenvalue weighted by molar-refractivity contribution is -0.940. The van der Waals surface area contributed by atoms with Crippen LogP contribution in [0.5, 0.6) is 0 Å². The van der Waals surface area contributed by atoms with Gasteiger partial charge in [0.1, 0.15) is 19.1 Å². The van der Waals surface area contributed by atoms with Gasteiger partial charge in [0.05, 0.1) is 25.0 Å². The van der Waals surface area contributed by atoms with Crippen molar-refractivity contribution in [3.8, 4) is 0 Å². The van der Waals surface area contributed by atoms with Gasteiger partial charge in [0.25, 0.3) is 0 Å². The largest absolute Gasteiger partial charge is 0.370 e. The molecule has 0 unspecified atom stereocenters. The first-order valence-corrected chi connectivity index (χ1v) is 11.0. The molecule has 0 aliphatic carbocycles. The van der Waals surface area contributed by atoms with Gasteiger partial charge in [0.15, 0.2) is 0 Å². The second-order valence-corrected chi connectivity index (χ2v) is 8.59. The van der Waals surface area contributed by atoms with E-state index in [-0.39, 0.29) is 18.0 Å². The Morgan fingerprint density at radius 3 is 2.57 bits per heavy atom. The van der Waals surface area contributed by atoms with Crippen LogP contribution >= 0.6 is 11.8 Å². The van der Waals surface area contributed by atoms with E-state index in [4.69, 9.17) is 4.74 Å². The van der Waals surface area contributed by atoms with E-state index in [1.54, 1.807) is 11.8 Å². The van der Waals surface area contributed by atoms with Crippen LogP contribution in [0.2, 0.25) is 0 Å². The molecule has 1 fully saturated rings. The Kier molecular flexibility index (Phi) is 7.54. The zero-order valence-electron chi connectivity index (χ0n) is 17.0. The molecular formula is C23H31N2O2S+. The molecule has 2 aromatic carbocycles.